The van der Waals surface area contributed by atoms with Crippen molar-refractivity contribution in [1.29, 1.82) is 0 Å². The predicted octanol–water partition coefficient (Wildman–Crippen LogP) is 14.0. The summed E-state index contributed by atoms with van der Waals surface area (Å²) in [6.45, 7) is 3.74. The highest BCUT2D eigenvalue weighted by atomic mass is 16.7. The van der Waals surface area contributed by atoms with E-state index in [4.69, 9.17) is 9.47 Å². The zero-order valence-corrected chi connectivity index (χ0v) is 43.5. The maximum atomic E-state index is 12.9. The lowest BCUT2D eigenvalue weighted by Crippen LogP contribution is -2.60. The Morgan fingerprint density at radius 1 is 0.500 bits per heavy atom. The van der Waals surface area contributed by atoms with Gasteiger partial charge >= 0.3 is 0 Å². The SMILES string of the molecule is CCCCCCC/C=C/C(O)C(COC1OC(CO)C(O)C(O)C1O)NC(=O)CCCCCCCCCCCCCCCCCCCCCCCCCCCCCCCCCCCCCC. The van der Waals surface area contributed by atoms with Gasteiger partial charge in [0.25, 0.3) is 0 Å². The van der Waals surface area contributed by atoms with E-state index in [0.717, 1.165) is 38.5 Å². The molecule has 1 heterocycles. The molecule has 0 bridgehead atoms. The van der Waals surface area contributed by atoms with Gasteiger partial charge in [-0.1, -0.05) is 276 Å². The fourth-order valence-corrected chi connectivity index (χ4v) is 9.51. The quantitative estimate of drug-likeness (QED) is 0.0261. The topological polar surface area (TPSA) is 149 Å². The monoisotopic (exact) mass is 938 g/mol. The van der Waals surface area contributed by atoms with Gasteiger partial charge in [-0.25, -0.2) is 0 Å². The average molecular weight is 939 g/mol. The number of nitrogens with one attached hydrogen (secondary N) is 1. The van der Waals surface area contributed by atoms with Crippen molar-refractivity contribution >= 4 is 5.91 Å². The Labute approximate surface area is 407 Å². The summed E-state index contributed by atoms with van der Waals surface area (Å²) in [6.07, 6.45) is 52.1. The highest BCUT2D eigenvalue weighted by Gasteiger charge is 2.44. The number of hydrogen-bond acceptors (Lipinski definition) is 8. The minimum Gasteiger partial charge on any atom is -0.394 e. The number of aliphatic hydroxyl groups excluding tert-OH is 5. The molecule has 6 N–H and O–H groups in total. The molecule has 0 aromatic rings. The molecule has 0 aromatic heterocycles. The molecule has 392 valence electrons. The molecule has 0 spiro atoms. The van der Waals surface area contributed by atoms with Crippen molar-refractivity contribution in [2.24, 2.45) is 0 Å². The van der Waals surface area contributed by atoms with E-state index in [-0.39, 0.29) is 12.5 Å². The van der Waals surface area contributed by atoms with Gasteiger partial charge in [0.05, 0.1) is 25.4 Å². The van der Waals surface area contributed by atoms with E-state index in [2.05, 4.69) is 19.2 Å². The zero-order chi connectivity index (χ0) is 48.0. The van der Waals surface area contributed by atoms with Crippen LogP contribution in [-0.2, 0) is 14.3 Å². The van der Waals surface area contributed by atoms with Crippen LogP contribution in [0.3, 0.4) is 0 Å². The maximum Gasteiger partial charge on any atom is 0.220 e. The highest BCUT2D eigenvalue weighted by molar-refractivity contribution is 5.76. The van der Waals surface area contributed by atoms with Crippen molar-refractivity contribution in [3.05, 3.63) is 12.2 Å². The van der Waals surface area contributed by atoms with Crippen LogP contribution in [0.1, 0.15) is 290 Å². The molecule has 1 amide bonds. The summed E-state index contributed by atoms with van der Waals surface area (Å²) in [7, 11) is 0. The third-order valence-electron chi connectivity index (χ3n) is 14.1. The van der Waals surface area contributed by atoms with Crippen LogP contribution in [-0.4, -0.2) is 87.5 Å². The average Bonchev–Trinajstić information content (AvgIpc) is 3.32. The fourth-order valence-electron chi connectivity index (χ4n) is 9.51. The number of allylic oxidation sites excluding steroid dienone is 1. The van der Waals surface area contributed by atoms with E-state index in [1.807, 2.05) is 6.08 Å². The van der Waals surface area contributed by atoms with Gasteiger partial charge in [-0.3, -0.25) is 4.79 Å². The molecule has 1 fully saturated rings. The summed E-state index contributed by atoms with van der Waals surface area (Å²) in [5.74, 6) is -0.175. The molecule has 0 radical (unpaired) electrons. The molecule has 0 aliphatic carbocycles. The molecule has 7 atom stereocenters. The van der Waals surface area contributed by atoms with E-state index in [0.29, 0.717) is 6.42 Å². The fraction of sp³-hybridized carbons (Fsp3) is 0.947. The summed E-state index contributed by atoms with van der Waals surface area (Å²) in [5.41, 5.74) is 0. The largest absolute Gasteiger partial charge is 0.394 e. The van der Waals surface area contributed by atoms with E-state index in [9.17, 15) is 30.3 Å². The summed E-state index contributed by atoms with van der Waals surface area (Å²) in [6, 6.07) is -0.797. The number of carbonyl (C=O) groups excluding carboxylic acids is 1. The third-order valence-corrected chi connectivity index (χ3v) is 14.1. The Balaban J connectivity index is 1.97. The number of unbranched alkanes of at least 4 members (excludes halogenated alkanes) is 40. The van der Waals surface area contributed by atoms with Gasteiger partial charge < -0.3 is 40.3 Å². The molecule has 9 heteroatoms. The van der Waals surface area contributed by atoms with Crippen molar-refractivity contribution in [3.8, 4) is 0 Å². The van der Waals surface area contributed by atoms with Gasteiger partial charge in [-0.05, 0) is 19.3 Å². The van der Waals surface area contributed by atoms with Crippen LogP contribution in [0.25, 0.3) is 0 Å². The first-order chi connectivity index (χ1) is 32.3. The summed E-state index contributed by atoms with van der Waals surface area (Å²) in [4.78, 5) is 12.9. The summed E-state index contributed by atoms with van der Waals surface area (Å²) in [5, 5.41) is 54.0. The lowest BCUT2D eigenvalue weighted by atomic mass is 9.99. The van der Waals surface area contributed by atoms with Crippen molar-refractivity contribution in [3.63, 3.8) is 0 Å². The normalized spacial score (nSPS) is 19.8. The molecule has 1 aliphatic heterocycles. The zero-order valence-electron chi connectivity index (χ0n) is 43.5. The second-order valence-electron chi connectivity index (χ2n) is 20.5. The lowest BCUT2D eigenvalue weighted by Gasteiger charge is -2.40. The minimum atomic E-state index is -1.56. The van der Waals surface area contributed by atoms with Crippen LogP contribution in [0.4, 0.5) is 0 Å². The number of ether oxygens (including phenoxy) is 2. The van der Waals surface area contributed by atoms with Crippen LogP contribution in [0, 0.1) is 0 Å². The Bertz CT molecular complexity index is 1040. The van der Waals surface area contributed by atoms with E-state index in [1.165, 1.54) is 231 Å². The molecule has 9 nitrogen and oxygen atoms in total. The van der Waals surface area contributed by atoms with Crippen molar-refractivity contribution < 1.29 is 39.8 Å². The Morgan fingerprint density at radius 2 is 0.833 bits per heavy atom. The van der Waals surface area contributed by atoms with Gasteiger partial charge in [-0.2, -0.15) is 0 Å². The first kappa shape index (κ1) is 62.9. The van der Waals surface area contributed by atoms with Gasteiger partial charge in [0.1, 0.15) is 24.4 Å². The van der Waals surface area contributed by atoms with E-state index in [1.54, 1.807) is 6.08 Å². The third kappa shape index (κ3) is 36.9. The molecule has 1 saturated heterocycles. The van der Waals surface area contributed by atoms with Crippen LogP contribution in [0.5, 0.6) is 0 Å². The number of carbonyl (C=O) groups is 1. The first-order valence-corrected chi connectivity index (χ1v) is 28.9. The molecule has 0 saturated carbocycles. The second-order valence-corrected chi connectivity index (χ2v) is 20.5. The first-order valence-electron chi connectivity index (χ1n) is 28.9. The van der Waals surface area contributed by atoms with Crippen molar-refractivity contribution in [1.82, 2.24) is 5.32 Å². The molecular weight excluding hydrogens is 827 g/mol. The van der Waals surface area contributed by atoms with Gasteiger partial charge in [0, 0.05) is 6.42 Å². The van der Waals surface area contributed by atoms with Gasteiger partial charge in [0.15, 0.2) is 6.29 Å². The minimum absolute atomic E-state index is 0.175. The Morgan fingerprint density at radius 3 is 1.18 bits per heavy atom. The smallest absolute Gasteiger partial charge is 0.220 e. The lowest BCUT2D eigenvalue weighted by molar-refractivity contribution is -0.302. The molecule has 66 heavy (non-hydrogen) atoms. The molecule has 1 aliphatic rings. The highest BCUT2D eigenvalue weighted by Crippen LogP contribution is 2.23. The van der Waals surface area contributed by atoms with Crippen molar-refractivity contribution in [2.75, 3.05) is 13.2 Å². The number of hydrogen-bond donors (Lipinski definition) is 6. The summed E-state index contributed by atoms with van der Waals surface area (Å²) < 4.78 is 11.2. The van der Waals surface area contributed by atoms with E-state index < -0.39 is 49.5 Å². The van der Waals surface area contributed by atoms with Gasteiger partial charge in [-0.15, -0.1) is 0 Å². The van der Waals surface area contributed by atoms with Crippen LogP contribution >= 0.6 is 0 Å². The Hall–Kier alpha value is -1.07. The number of rotatable bonds is 50. The van der Waals surface area contributed by atoms with Crippen molar-refractivity contribution in [2.45, 2.75) is 333 Å². The van der Waals surface area contributed by atoms with Crippen LogP contribution in [0.2, 0.25) is 0 Å². The summed E-state index contributed by atoms with van der Waals surface area (Å²) >= 11 is 0. The predicted molar refractivity (Wildman–Crippen MR) is 277 cm³/mol. The standard InChI is InChI=1S/C57H111NO8/c1-3-5-7-9-11-12-13-14-15-16-17-18-19-20-21-22-23-24-25-26-27-28-29-30-31-32-33-34-35-36-37-38-39-41-43-45-47-53(61)58-50(51(60)46-44-42-40-10-8-6-4-2)49-65-57-56(64)55(63)54(62)52(48-59)66-57/h44,46,50-52,54-57,59-60,62-64H,3-43,45,47-49H2,1-2H3,(H,58,61)/b46-44+. The molecule has 1 rings (SSSR count). The Kier molecular flexibility index (Phi) is 45.4. The molecule has 0 aromatic carbocycles. The van der Waals surface area contributed by atoms with Gasteiger partial charge in [0.2, 0.25) is 5.91 Å². The number of amides is 1. The maximum absolute atomic E-state index is 12.9. The second kappa shape index (κ2) is 47.6. The van der Waals surface area contributed by atoms with E-state index >= 15 is 0 Å². The van der Waals surface area contributed by atoms with Crippen LogP contribution in [0.15, 0.2) is 12.2 Å². The molecule has 7 unspecified atom stereocenters. The number of aliphatic hydroxyl groups is 5. The van der Waals surface area contributed by atoms with Crippen LogP contribution < -0.4 is 5.32 Å². The molecular formula is C57H111NO8.